The molecule has 9 aromatic rings. The van der Waals surface area contributed by atoms with Gasteiger partial charge in [-0.3, -0.25) is 0 Å². The molecule has 0 amide bonds. The Morgan fingerprint density at radius 1 is 0.352 bits per heavy atom. The molecule has 3 heteroatoms. The van der Waals surface area contributed by atoms with Crippen LogP contribution in [0.3, 0.4) is 0 Å². The minimum Gasteiger partial charge on any atom is -0.228 e. The second kappa shape index (κ2) is 12.3. The van der Waals surface area contributed by atoms with Crippen LogP contribution in [-0.4, -0.2) is 9.97 Å². The lowest BCUT2D eigenvalue weighted by Gasteiger charge is -2.40. The van der Waals surface area contributed by atoms with E-state index in [1.54, 1.807) is 0 Å². The van der Waals surface area contributed by atoms with Crippen LogP contribution in [0, 0.1) is 0 Å². The third-order valence-electron chi connectivity index (χ3n) is 11.2. The Morgan fingerprint density at radius 2 is 0.926 bits per heavy atom. The van der Waals surface area contributed by atoms with Gasteiger partial charge in [-0.05, 0) is 79.5 Å². The van der Waals surface area contributed by atoms with Crippen molar-refractivity contribution in [2.75, 3.05) is 0 Å². The molecule has 2 heterocycles. The summed E-state index contributed by atoms with van der Waals surface area (Å²) in [6, 6.07) is 70.3. The predicted molar refractivity (Wildman–Crippen MR) is 223 cm³/mol. The highest BCUT2D eigenvalue weighted by atomic mass is 32.2. The van der Waals surface area contributed by atoms with Gasteiger partial charge in [-0.15, -0.1) is 0 Å². The fraction of sp³-hybridized carbons (Fsp3) is 0.0196. The third kappa shape index (κ3) is 4.68. The molecule has 0 N–H and O–H groups in total. The van der Waals surface area contributed by atoms with E-state index in [1.165, 1.54) is 65.1 Å². The minimum atomic E-state index is -0.396. The maximum Gasteiger partial charge on any atom is 0.160 e. The van der Waals surface area contributed by atoms with Gasteiger partial charge in [0.25, 0.3) is 0 Å². The Bertz CT molecular complexity index is 2860. The Balaban J connectivity index is 1.05. The lowest BCUT2D eigenvalue weighted by molar-refractivity contribution is 0.723. The highest BCUT2D eigenvalue weighted by Gasteiger charge is 2.50. The fourth-order valence-electron chi connectivity index (χ4n) is 8.77. The maximum atomic E-state index is 5.14. The Labute approximate surface area is 318 Å². The van der Waals surface area contributed by atoms with Crippen LogP contribution in [0.1, 0.15) is 22.3 Å². The van der Waals surface area contributed by atoms with Crippen LogP contribution in [-0.2, 0) is 5.41 Å². The van der Waals surface area contributed by atoms with E-state index in [2.05, 4.69) is 176 Å². The van der Waals surface area contributed by atoms with Crippen LogP contribution in [0.2, 0.25) is 0 Å². The number of hydrogen-bond acceptors (Lipinski definition) is 3. The lowest BCUT2D eigenvalue weighted by atomic mass is 9.67. The van der Waals surface area contributed by atoms with Gasteiger partial charge in [0.1, 0.15) is 0 Å². The summed E-state index contributed by atoms with van der Waals surface area (Å²) in [4.78, 5) is 12.9. The van der Waals surface area contributed by atoms with Crippen molar-refractivity contribution in [3.63, 3.8) is 0 Å². The number of aromatic nitrogens is 2. The van der Waals surface area contributed by atoms with E-state index in [4.69, 9.17) is 9.97 Å². The first-order valence-corrected chi connectivity index (χ1v) is 19.2. The van der Waals surface area contributed by atoms with E-state index >= 15 is 0 Å². The molecular weight excluding hydrogens is 673 g/mol. The molecule has 1 aliphatic carbocycles. The van der Waals surface area contributed by atoms with Crippen molar-refractivity contribution in [3.8, 4) is 56.2 Å². The summed E-state index contributed by atoms with van der Waals surface area (Å²) in [5, 5.41) is 2.37. The number of fused-ring (bicyclic) bond motifs is 10. The molecule has 0 unspecified atom stereocenters. The summed E-state index contributed by atoms with van der Waals surface area (Å²) in [6.45, 7) is 0. The molecule has 0 atom stereocenters. The summed E-state index contributed by atoms with van der Waals surface area (Å²) in [5.41, 5.74) is 15.0. The van der Waals surface area contributed by atoms with Crippen molar-refractivity contribution in [2.45, 2.75) is 15.2 Å². The van der Waals surface area contributed by atoms with E-state index in [0.717, 1.165) is 33.9 Å². The van der Waals surface area contributed by atoms with Crippen LogP contribution in [0.4, 0.5) is 0 Å². The molecule has 2 aliphatic rings. The maximum absolute atomic E-state index is 5.14. The van der Waals surface area contributed by atoms with Gasteiger partial charge in [-0.1, -0.05) is 182 Å². The van der Waals surface area contributed by atoms with Crippen molar-refractivity contribution in [2.24, 2.45) is 0 Å². The van der Waals surface area contributed by atoms with E-state index in [0.29, 0.717) is 0 Å². The van der Waals surface area contributed by atoms with E-state index in [9.17, 15) is 0 Å². The second-order valence-electron chi connectivity index (χ2n) is 14.1. The molecule has 252 valence electrons. The predicted octanol–water partition coefficient (Wildman–Crippen LogP) is 13.1. The largest absolute Gasteiger partial charge is 0.228 e. The third-order valence-corrected chi connectivity index (χ3v) is 12.3. The van der Waals surface area contributed by atoms with E-state index < -0.39 is 5.41 Å². The molecule has 0 fully saturated rings. The van der Waals surface area contributed by atoms with Gasteiger partial charge in [-0.2, -0.15) is 0 Å². The van der Waals surface area contributed by atoms with Gasteiger partial charge in [-0.25, -0.2) is 9.97 Å². The molecule has 1 aromatic heterocycles. The molecule has 2 nitrogen and oxygen atoms in total. The lowest BCUT2D eigenvalue weighted by Crippen LogP contribution is -2.32. The first-order valence-electron chi connectivity index (χ1n) is 18.4. The molecule has 0 radical (unpaired) electrons. The van der Waals surface area contributed by atoms with Crippen molar-refractivity contribution in [3.05, 3.63) is 216 Å². The number of hydrogen-bond donors (Lipinski definition) is 0. The Kier molecular flexibility index (Phi) is 7.05. The average Bonchev–Trinajstić information content (AvgIpc) is 3.54. The molecule has 0 saturated carbocycles. The quantitative estimate of drug-likeness (QED) is 0.182. The van der Waals surface area contributed by atoms with Gasteiger partial charge in [0.15, 0.2) is 5.82 Å². The summed E-state index contributed by atoms with van der Waals surface area (Å²) in [6.07, 6.45) is 0. The molecular formula is C51H32N2S. The summed E-state index contributed by atoms with van der Waals surface area (Å²) < 4.78 is 0. The van der Waals surface area contributed by atoms with Crippen LogP contribution >= 0.6 is 11.8 Å². The van der Waals surface area contributed by atoms with Crippen molar-refractivity contribution in [1.82, 2.24) is 9.97 Å². The summed E-state index contributed by atoms with van der Waals surface area (Å²) in [7, 11) is 0. The molecule has 8 aromatic carbocycles. The zero-order valence-electron chi connectivity index (χ0n) is 29.3. The van der Waals surface area contributed by atoms with E-state index in [-0.39, 0.29) is 0 Å². The molecule has 0 saturated heterocycles. The van der Waals surface area contributed by atoms with Gasteiger partial charge < -0.3 is 0 Å². The fourth-order valence-corrected chi connectivity index (χ4v) is 9.94. The normalized spacial score (nSPS) is 13.3. The van der Waals surface area contributed by atoms with Gasteiger partial charge in [0, 0.05) is 26.5 Å². The first kappa shape index (κ1) is 31.0. The monoisotopic (exact) mass is 704 g/mol. The SMILES string of the molecule is c1ccc(-c2nc(-c3ccc(-c4ccc5c(c4)C4(c6ccccc6S5)c5ccccc5-c5ccccc54)cc3)cc(-c3cccc4ccccc34)n2)cc1. The smallest absolute Gasteiger partial charge is 0.160 e. The van der Waals surface area contributed by atoms with Crippen molar-refractivity contribution in [1.29, 1.82) is 0 Å². The number of nitrogens with zero attached hydrogens (tertiary/aromatic N) is 2. The van der Waals surface area contributed by atoms with E-state index in [1.807, 2.05) is 30.0 Å². The summed E-state index contributed by atoms with van der Waals surface area (Å²) in [5.74, 6) is 0.718. The molecule has 1 aliphatic heterocycles. The minimum absolute atomic E-state index is 0.396. The molecule has 54 heavy (non-hydrogen) atoms. The van der Waals surface area contributed by atoms with Crippen molar-refractivity contribution < 1.29 is 0 Å². The molecule has 1 spiro atoms. The highest BCUT2D eigenvalue weighted by Crippen LogP contribution is 2.62. The highest BCUT2D eigenvalue weighted by molar-refractivity contribution is 7.99. The van der Waals surface area contributed by atoms with Gasteiger partial charge in [0.05, 0.1) is 16.8 Å². The van der Waals surface area contributed by atoms with Crippen LogP contribution in [0.5, 0.6) is 0 Å². The molecule has 11 rings (SSSR count). The molecule has 0 bridgehead atoms. The Hall–Kier alpha value is -6.55. The number of benzene rings is 8. The Morgan fingerprint density at radius 3 is 1.72 bits per heavy atom. The summed E-state index contributed by atoms with van der Waals surface area (Å²) >= 11 is 1.88. The zero-order valence-corrected chi connectivity index (χ0v) is 30.1. The van der Waals surface area contributed by atoms with Crippen LogP contribution in [0.25, 0.3) is 66.9 Å². The zero-order chi connectivity index (χ0) is 35.6. The van der Waals surface area contributed by atoms with Crippen molar-refractivity contribution >= 4 is 22.5 Å². The van der Waals surface area contributed by atoms with Crippen LogP contribution in [0.15, 0.2) is 204 Å². The van der Waals surface area contributed by atoms with Gasteiger partial charge in [0.2, 0.25) is 0 Å². The second-order valence-corrected chi connectivity index (χ2v) is 15.2. The van der Waals surface area contributed by atoms with Crippen LogP contribution < -0.4 is 0 Å². The average molecular weight is 705 g/mol. The topological polar surface area (TPSA) is 25.8 Å². The standard InChI is InChI=1S/C51H32N2S/c1-2-14-36(15-3-1)50-52-46(32-47(53-50)41-20-12-16-34-13-4-5-17-38(34)41)35-27-25-33(26-28-35)37-29-30-49-45(31-37)51(44-23-10-11-24-48(44)54-49)42-21-8-6-18-39(42)40-19-7-9-22-43(40)51/h1-32H. The van der Waals surface area contributed by atoms with Gasteiger partial charge >= 0.3 is 0 Å². The number of rotatable bonds is 4. The first-order chi connectivity index (χ1) is 26.8.